The third-order valence-corrected chi connectivity index (χ3v) is 5.48. The van der Waals surface area contributed by atoms with E-state index in [9.17, 15) is 31.1 Å². The summed E-state index contributed by atoms with van der Waals surface area (Å²) in [7, 11) is 0. The van der Waals surface area contributed by atoms with Crippen molar-refractivity contribution in [1.82, 2.24) is 9.78 Å². The highest BCUT2D eigenvalue weighted by Gasteiger charge is 2.32. The van der Waals surface area contributed by atoms with E-state index in [4.69, 9.17) is 4.74 Å². The van der Waals surface area contributed by atoms with Gasteiger partial charge >= 0.3 is 5.97 Å². The van der Waals surface area contributed by atoms with E-state index in [1.807, 2.05) is 0 Å². The SMILES string of the molecule is Cc1nn(C(C)(C)C)c(OC(=O)c2ccc(F)cc2)c1Sc1c(F)c(F)c(F)c(F)c1F. The Hall–Kier alpha value is -2.95. The van der Waals surface area contributed by atoms with Crippen molar-refractivity contribution in [2.75, 3.05) is 0 Å². The average Bonchev–Trinajstić information content (AvgIpc) is 3.04. The van der Waals surface area contributed by atoms with Gasteiger partial charge in [0.1, 0.15) is 5.82 Å². The number of carbonyl (C=O) groups is 1. The molecule has 0 fully saturated rings. The first-order valence-corrected chi connectivity index (χ1v) is 9.91. The van der Waals surface area contributed by atoms with Crippen LogP contribution in [-0.2, 0) is 5.54 Å². The lowest BCUT2D eigenvalue weighted by atomic mass is 10.1. The number of nitrogens with zero attached hydrogens (tertiary/aromatic N) is 2. The number of rotatable bonds is 4. The minimum absolute atomic E-state index is 0.0297. The molecule has 0 aliphatic carbocycles. The van der Waals surface area contributed by atoms with Crippen LogP contribution < -0.4 is 4.74 Å². The smallest absolute Gasteiger partial charge is 0.344 e. The van der Waals surface area contributed by atoms with E-state index in [0.29, 0.717) is 0 Å². The molecule has 0 N–H and O–H groups in total. The van der Waals surface area contributed by atoms with Crippen LogP contribution in [0.4, 0.5) is 26.3 Å². The van der Waals surface area contributed by atoms with Gasteiger partial charge in [0.05, 0.1) is 26.6 Å². The predicted molar refractivity (Wildman–Crippen MR) is 104 cm³/mol. The molecule has 0 saturated heterocycles. The molecule has 0 aliphatic rings. The minimum atomic E-state index is -2.28. The Balaban J connectivity index is 2.13. The highest BCUT2D eigenvalue weighted by Crippen LogP contribution is 2.43. The predicted octanol–water partition coefficient (Wildman–Crippen LogP) is 6.15. The summed E-state index contributed by atoms with van der Waals surface area (Å²) in [6.07, 6.45) is 0. The van der Waals surface area contributed by atoms with Gasteiger partial charge in [-0.25, -0.2) is 35.8 Å². The van der Waals surface area contributed by atoms with Crippen LogP contribution in [0.15, 0.2) is 34.1 Å². The van der Waals surface area contributed by atoms with Crippen LogP contribution in [0.1, 0.15) is 36.8 Å². The second kappa shape index (κ2) is 8.53. The third kappa shape index (κ3) is 4.34. The summed E-state index contributed by atoms with van der Waals surface area (Å²) in [6, 6.07) is 4.40. The molecular formula is C21H16F6N2O2S. The number of carbonyl (C=O) groups excluding carboxylic acids is 1. The van der Waals surface area contributed by atoms with Crippen molar-refractivity contribution in [2.45, 2.75) is 43.0 Å². The second-order valence-corrected chi connectivity index (χ2v) is 8.72. The first-order valence-electron chi connectivity index (χ1n) is 9.10. The first-order chi connectivity index (χ1) is 14.8. The van der Waals surface area contributed by atoms with Gasteiger partial charge in [-0.05, 0) is 52.0 Å². The van der Waals surface area contributed by atoms with Gasteiger partial charge < -0.3 is 4.74 Å². The summed E-state index contributed by atoms with van der Waals surface area (Å²) < 4.78 is 89.0. The van der Waals surface area contributed by atoms with E-state index >= 15 is 0 Å². The number of benzene rings is 2. The van der Waals surface area contributed by atoms with E-state index in [-0.39, 0.29) is 33.8 Å². The van der Waals surface area contributed by atoms with Gasteiger partial charge in [0, 0.05) is 0 Å². The lowest BCUT2D eigenvalue weighted by molar-refractivity contribution is 0.0704. The Morgan fingerprint density at radius 2 is 1.38 bits per heavy atom. The number of ether oxygens (including phenoxy) is 1. The maximum absolute atomic E-state index is 14.2. The molecule has 3 rings (SSSR count). The normalized spacial score (nSPS) is 11.7. The maximum Gasteiger partial charge on any atom is 0.344 e. The monoisotopic (exact) mass is 474 g/mol. The van der Waals surface area contributed by atoms with Crippen molar-refractivity contribution in [3.05, 3.63) is 70.4 Å². The van der Waals surface area contributed by atoms with Gasteiger partial charge in [0.25, 0.3) is 0 Å². The number of aromatic nitrogens is 2. The summed E-state index contributed by atoms with van der Waals surface area (Å²) in [5, 5.41) is 4.21. The van der Waals surface area contributed by atoms with E-state index < -0.39 is 51.3 Å². The van der Waals surface area contributed by atoms with Gasteiger partial charge in [-0.2, -0.15) is 5.10 Å². The lowest BCUT2D eigenvalue weighted by Gasteiger charge is -2.22. The number of aryl methyl sites for hydroxylation is 1. The summed E-state index contributed by atoms with van der Waals surface area (Å²) in [5.41, 5.74) is -0.702. The molecule has 1 aromatic heterocycles. The largest absolute Gasteiger partial charge is 0.403 e. The Kier molecular flexibility index (Phi) is 6.32. The molecule has 0 bridgehead atoms. The number of hydrogen-bond acceptors (Lipinski definition) is 4. The molecule has 32 heavy (non-hydrogen) atoms. The quantitative estimate of drug-likeness (QED) is 0.197. The van der Waals surface area contributed by atoms with Crippen LogP contribution in [0.3, 0.4) is 0 Å². The van der Waals surface area contributed by atoms with Crippen molar-refractivity contribution >= 4 is 17.7 Å². The van der Waals surface area contributed by atoms with Gasteiger partial charge in [-0.1, -0.05) is 11.8 Å². The molecule has 1 heterocycles. The van der Waals surface area contributed by atoms with Gasteiger partial charge in [0.15, 0.2) is 23.3 Å². The van der Waals surface area contributed by atoms with Crippen LogP contribution in [0.25, 0.3) is 0 Å². The summed E-state index contributed by atoms with van der Waals surface area (Å²) >= 11 is 0.190. The molecule has 0 saturated carbocycles. The standard InChI is InChI=1S/C21H16F6N2O2S/c1-9-17(32-18-15(26)13(24)12(23)14(25)16(18)27)19(29(28-9)21(2,3)4)31-20(30)10-5-7-11(22)8-6-10/h5-8H,1-4H3. The molecule has 0 amide bonds. The molecule has 2 aromatic carbocycles. The zero-order valence-corrected chi connectivity index (χ0v) is 18.0. The van der Waals surface area contributed by atoms with Crippen molar-refractivity contribution in [1.29, 1.82) is 0 Å². The summed E-state index contributed by atoms with van der Waals surface area (Å²) in [6.45, 7) is 6.51. The Morgan fingerprint density at radius 3 is 1.88 bits per heavy atom. The molecule has 0 atom stereocenters. The van der Waals surface area contributed by atoms with E-state index in [1.165, 1.54) is 23.7 Å². The highest BCUT2D eigenvalue weighted by molar-refractivity contribution is 7.99. The topological polar surface area (TPSA) is 44.1 Å². The van der Waals surface area contributed by atoms with Crippen molar-refractivity contribution in [2.24, 2.45) is 0 Å². The van der Waals surface area contributed by atoms with Gasteiger partial charge in [-0.15, -0.1) is 0 Å². The van der Waals surface area contributed by atoms with E-state index in [2.05, 4.69) is 5.10 Å². The van der Waals surface area contributed by atoms with Crippen LogP contribution in [0.2, 0.25) is 0 Å². The Labute approximate surface area is 183 Å². The zero-order valence-electron chi connectivity index (χ0n) is 17.2. The van der Waals surface area contributed by atoms with Gasteiger partial charge in [-0.3, -0.25) is 0 Å². The molecule has 170 valence electrons. The van der Waals surface area contributed by atoms with Crippen molar-refractivity contribution < 1.29 is 35.9 Å². The highest BCUT2D eigenvalue weighted by atomic mass is 32.2. The number of hydrogen-bond donors (Lipinski definition) is 0. The van der Waals surface area contributed by atoms with Crippen LogP contribution in [-0.4, -0.2) is 15.7 Å². The third-order valence-electron chi connectivity index (χ3n) is 4.24. The first kappa shape index (κ1) is 23.7. The van der Waals surface area contributed by atoms with Crippen LogP contribution >= 0.6 is 11.8 Å². The van der Waals surface area contributed by atoms with E-state index in [0.717, 1.165) is 12.1 Å². The zero-order chi connectivity index (χ0) is 24.0. The van der Waals surface area contributed by atoms with Crippen LogP contribution in [0.5, 0.6) is 5.88 Å². The molecule has 11 heteroatoms. The minimum Gasteiger partial charge on any atom is -0.403 e. The maximum atomic E-state index is 14.2. The Morgan fingerprint density at radius 1 is 0.875 bits per heavy atom. The molecule has 0 radical (unpaired) electrons. The van der Waals surface area contributed by atoms with Crippen molar-refractivity contribution in [3.63, 3.8) is 0 Å². The number of esters is 1. The summed E-state index contributed by atoms with van der Waals surface area (Å²) in [4.78, 5) is 11.3. The summed E-state index contributed by atoms with van der Waals surface area (Å²) in [5.74, 6) is -12.3. The second-order valence-electron chi connectivity index (χ2n) is 7.70. The number of halogens is 6. The molecule has 0 aliphatic heterocycles. The van der Waals surface area contributed by atoms with Crippen molar-refractivity contribution in [3.8, 4) is 5.88 Å². The average molecular weight is 474 g/mol. The molecule has 4 nitrogen and oxygen atoms in total. The molecule has 0 unspecified atom stereocenters. The fourth-order valence-corrected chi connectivity index (χ4v) is 3.63. The fourth-order valence-electron chi connectivity index (χ4n) is 2.66. The Bertz CT molecular complexity index is 1170. The molecular weight excluding hydrogens is 458 g/mol. The molecule has 3 aromatic rings. The molecule has 0 spiro atoms. The van der Waals surface area contributed by atoms with E-state index in [1.54, 1.807) is 20.8 Å². The van der Waals surface area contributed by atoms with Gasteiger partial charge in [0.2, 0.25) is 11.7 Å². The lowest BCUT2D eigenvalue weighted by Crippen LogP contribution is -2.25. The fraction of sp³-hybridized carbons (Fsp3) is 0.238. The van der Waals surface area contributed by atoms with Crippen LogP contribution in [0, 0.1) is 41.8 Å².